The number of aryl methyl sites for hydroxylation is 1. The van der Waals surface area contributed by atoms with Crippen molar-refractivity contribution < 1.29 is 4.79 Å². The van der Waals surface area contributed by atoms with Gasteiger partial charge in [-0.05, 0) is 82.0 Å². The highest BCUT2D eigenvalue weighted by atomic mass is 35.5. The van der Waals surface area contributed by atoms with E-state index in [9.17, 15) is 4.79 Å². The van der Waals surface area contributed by atoms with Crippen LogP contribution in [0.1, 0.15) is 50.8 Å². The average Bonchev–Trinajstić information content (AvgIpc) is 2.83. The van der Waals surface area contributed by atoms with Gasteiger partial charge in [-0.1, -0.05) is 29.3 Å². The fourth-order valence-corrected chi connectivity index (χ4v) is 6.11. The van der Waals surface area contributed by atoms with Gasteiger partial charge in [0.05, 0.1) is 20.5 Å². The molecule has 8 heteroatoms. The second-order valence-electron chi connectivity index (χ2n) is 8.88. The highest BCUT2D eigenvalue weighted by molar-refractivity contribution is 8.02. The summed E-state index contributed by atoms with van der Waals surface area (Å²) in [6.07, 6.45) is 3.01. The van der Waals surface area contributed by atoms with E-state index in [1.165, 1.54) is 5.56 Å². The monoisotopic (exact) mass is 516 g/mol. The Morgan fingerprint density at radius 2 is 2.00 bits per heavy atom. The highest BCUT2D eigenvalue weighted by Crippen LogP contribution is 2.39. The van der Waals surface area contributed by atoms with Crippen molar-refractivity contribution >= 4 is 58.5 Å². The molecule has 2 aliphatic heterocycles. The molecule has 2 aromatic rings. The summed E-state index contributed by atoms with van der Waals surface area (Å²) in [5.74, 6) is 0.909. The van der Waals surface area contributed by atoms with Gasteiger partial charge in [0, 0.05) is 30.9 Å². The Morgan fingerprint density at radius 1 is 1.21 bits per heavy atom. The number of thioether (sulfide) groups is 1. The minimum atomic E-state index is -0.269. The van der Waals surface area contributed by atoms with Crippen LogP contribution in [0.4, 0.5) is 5.69 Å². The molecule has 4 rings (SSSR count). The Bertz CT molecular complexity index is 1150. The molecule has 0 spiro atoms. The number of anilines is 1. The quantitative estimate of drug-likeness (QED) is 0.266. The number of fused-ring (bicyclic) bond motifs is 1. The zero-order valence-corrected chi connectivity index (χ0v) is 22.3. The van der Waals surface area contributed by atoms with E-state index in [1.54, 1.807) is 11.8 Å². The number of aliphatic imine (C=N–C) groups is 1. The molecule has 5 nitrogen and oxygen atoms in total. The van der Waals surface area contributed by atoms with Crippen molar-refractivity contribution in [2.75, 3.05) is 24.5 Å². The number of nitrogens with zero attached hydrogens (tertiary/aromatic N) is 4. The van der Waals surface area contributed by atoms with Crippen LogP contribution < -0.4 is 4.90 Å². The van der Waals surface area contributed by atoms with Crippen LogP contribution in [0.5, 0.6) is 0 Å². The van der Waals surface area contributed by atoms with Crippen molar-refractivity contribution in [3.8, 4) is 0 Å². The summed E-state index contributed by atoms with van der Waals surface area (Å²) < 4.78 is -0.269. The zero-order valence-electron chi connectivity index (χ0n) is 20.0. The first-order valence-electron chi connectivity index (χ1n) is 11.7. The predicted molar refractivity (Wildman–Crippen MR) is 146 cm³/mol. The van der Waals surface area contributed by atoms with Gasteiger partial charge < -0.3 is 9.69 Å². The van der Waals surface area contributed by atoms with Crippen LogP contribution in [0.3, 0.4) is 0 Å². The molecule has 0 bridgehead atoms. The predicted octanol–water partition coefficient (Wildman–Crippen LogP) is 6.29. The first-order chi connectivity index (χ1) is 16.3. The van der Waals surface area contributed by atoms with Crippen molar-refractivity contribution in [1.82, 2.24) is 5.01 Å². The number of likely N-dealkylation sites (N-methyl/N-ethyl adjacent to an activating group) is 1. The molecule has 0 aliphatic carbocycles. The van der Waals surface area contributed by atoms with E-state index in [-0.39, 0.29) is 10.1 Å². The third kappa shape index (κ3) is 4.86. The normalized spacial score (nSPS) is 20.1. The first kappa shape index (κ1) is 25.1. The molecule has 1 atom stereocenters. The summed E-state index contributed by atoms with van der Waals surface area (Å²) in [6.45, 7) is 10.6. The molecule has 34 heavy (non-hydrogen) atoms. The number of carbonyl (C=O) groups is 1. The Hall–Kier alpha value is -2.02. The van der Waals surface area contributed by atoms with E-state index in [0.29, 0.717) is 23.1 Å². The van der Waals surface area contributed by atoms with Crippen LogP contribution in [-0.2, 0) is 11.2 Å². The molecule has 0 saturated carbocycles. The molecular weight excluding hydrogens is 487 g/mol. The smallest absolute Gasteiger partial charge is 0.154 e. The number of benzene rings is 2. The molecular formula is C26H30Cl2N4OS. The second-order valence-corrected chi connectivity index (χ2v) is 11.4. The van der Waals surface area contributed by atoms with Gasteiger partial charge in [0.1, 0.15) is 11.2 Å². The van der Waals surface area contributed by atoms with Gasteiger partial charge in [-0.15, -0.1) is 11.8 Å². The largest absolute Gasteiger partial charge is 0.326 e. The molecule has 2 aromatic carbocycles. The molecule has 2 heterocycles. The number of rotatable bonds is 5. The molecule has 0 fully saturated rings. The van der Waals surface area contributed by atoms with Crippen LogP contribution in [0, 0.1) is 0 Å². The lowest BCUT2D eigenvalue weighted by Gasteiger charge is -2.39. The molecule has 0 N–H and O–H groups in total. The summed E-state index contributed by atoms with van der Waals surface area (Å²) in [5.41, 5.74) is 5.50. The van der Waals surface area contributed by atoms with Crippen LogP contribution in [-0.4, -0.2) is 52.6 Å². The number of aldehydes is 1. The second kappa shape index (κ2) is 10.3. The average molecular weight is 518 g/mol. The van der Waals surface area contributed by atoms with Gasteiger partial charge in [-0.2, -0.15) is 5.10 Å². The van der Waals surface area contributed by atoms with E-state index < -0.39 is 0 Å². The number of carbonyl (C=O) groups excluding carboxylic acids is 1. The topological polar surface area (TPSA) is 48.3 Å². The van der Waals surface area contributed by atoms with Crippen molar-refractivity contribution in [3.05, 3.63) is 63.1 Å². The molecule has 180 valence electrons. The minimum absolute atomic E-state index is 0.254. The fraction of sp³-hybridized carbons (Fsp3) is 0.423. The minimum Gasteiger partial charge on any atom is -0.326 e. The zero-order chi connectivity index (χ0) is 24.5. The first-order valence-corrected chi connectivity index (χ1v) is 13.3. The van der Waals surface area contributed by atoms with Crippen molar-refractivity contribution in [2.45, 2.75) is 50.7 Å². The molecule has 0 radical (unpaired) electrons. The van der Waals surface area contributed by atoms with Crippen molar-refractivity contribution in [3.63, 3.8) is 0 Å². The lowest BCUT2D eigenvalue weighted by Crippen LogP contribution is -2.44. The van der Waals surface area contributed by atoms with Crippen LogP contribution in [0.25, 0.3) is 0 Å². The molecule has 0 amide bonds. The fourth-order valence-electron chi connectivity index (χ4n) is 4.56. The number of hydrogen-bond acceptors (Lipinski definition) is 5. The maximum atomic E-state index is 11.6. The van der Waals surface area contributed by atoms with E-state index in [4.69, 9.17) is 33.3 Å². The van der Waals surface area contributed by atoms with Crippen molar-refractivity contribution in [1.29, 1.82) is 0 Å². The van der Waals surface area contributed by atoms with Crippen LogP contribution >= 0.6 is 35.0 Å². The number of halogens is 2. The summed E-state index contributed by atoms with van der Waals surface area (Å²) >= 11 is 14.1. The summed E-state index contributed by atoms with van der Waals surface area (Å²) in [7, 11) is 0. The Kier molecular flexibility index (Phi) is 7.60. The number of amidine groups is 1. The Labute approximate surface area is 216 Å². The number of hydrazone groups is 1. The highest BCUT2D eigenvalue weighted by Gasteiger charge is 2.38. The molecule has 2 aliphatic rings. The van der Waals surface area contributed by atoms with E-state index in [1.807, 2.05) is 37.1 Å². The summed E-state index contributed by atoms with van der Waals surface area (Å²) in [6, 6.07) is 12.3. The van der Waals surface area contributed by atoms with Crippen molar-refractivity contribution in [2.24, 2.45) is 10.1 Å². The van der Waals surface area contributed by atoms with E-state index in [2.05, 4.69) is 36.9 Å². The number of hydrogen-bond donors (Lipinski definition) is 0. The van der Waals surface area contributed by atoms with Gasteiger partial charge >= 0.3 is 0 Å². The molecule has 0 saturated heterocycles. The van der Waals surface area contributed by atoms with E-state index >= 15 is 0 Å². The SMILES string of the molecule is CCN=C(c1ccc(Cl)c(Cl)c1)N1CCCc2cc(C3=NN(CC)C(C=O)SC3(C)C)ccc21. The van der Waals surface area contributed by atoms with Gasteiger partial charge in [-0.25, -0.2) is 0 Å². The molecule has 0 aromatic heterocycles. The third-order valence-electron chi connectivity index (χ3n) is 6.16. The lowest BCUT2D eigenvalue weighted by molar-refractivity contribution is -0.109. The van der Waals surface area contributed by atoms with Gasteiger partial charge in [0.2, 0.25) is 0 Å². The maximum absolute atomic E-state index is 11.6. The lowest BCUT2D eigenvalue weighted by atomic mass is 9.93. The van der Waals surface area contributed by atoms with Gasteiger partial charge in [0.25, 0.3) is 0 Å². The summed E-state index contributed by atoms with van der Waals surface area (Å²) in [4.78, 5) is 18.7. The third-order valence-corrected chi connectivity index (χ3v) is 8.28. The van der Waals surface area contributed by atoms with Gasteiger partial charge in [-0.3, -0.25) is 10.0 Å². The molecule has 1 unspecified atom stereocenters. The Morgan fingerprint density at radius 3 is 2.68 bits per heavy atom. The van der Waals surface area contributed by atoms with Gasteiger partial charge in [0.15, 0.2) is 6.29 Å². The standard InChI is InChI=1S/C26H30Cl2N4OS/c1-5-29-25(19-9-11-20(27)21(28)15-19)31-13-7-8-17-14-18(10-12-22(17)31)24-26(3,4)34-23(16-33)32(6-2)30-24/h9-12,14-16,23H,5-8,13H2,1-4H3. The van der Waals surface area contributed by atoms with Crippen LogP contribution in [0.2, 0.25) is 10.0 Å². The summed E-state index contributed by atoms with van der Waals surface area (Å²) in [5, 5.41) is 7.59. The maximum Gasteiger partial charge on any atom is 0.154 e. The Balaban J connectivity index is 1.74. The van der Waals surface area contributed by atoms with E-state index in [0.717, 1.165) is 54.0 Å². The van der Waals surface area contributed by atoms with Crippen LogP contribution in [0.15, 0.2) is 46.5 Å².